The summed E-state index contributed by atoms with van der Waals surface area (Å²) in [6, 6.07) is 1.47. The quantitative estimate of drug-likeness (QED) is 0.857. The van der Waals surface area contributed by atoms with Gasteiger partial charge in [0.15, 0.2) is 0 Å². The number of nitrogens with one attached hydrogen (secondary N) is 1. The molecule has 0 aromatic heterocycles. The standard InChI is InChI=1S/C17H32N2O/c1-4-14-11-18-17(2,13-8-9-13)12-19(14)15-6-5-7-16(10-15)20-3/h13-16,18H,4-12H2,1-3H3. The summed E-state index contributed by atoms with van der Waals surface area (Å²) in [5.74, 6) is 0.921. The lowest BCUT2D eigenvalue weighted by Crippen LogP contribution is -2.66. The molecule has 3 heteroatoms. The Morgan fingerprint density at radius 2 is 2.05 bits per heavy atom. The number of hydrogen-bond donors (Lipinski definition) is 1. The van der Waals surface area contributed by atoms with Crippen LogP contribution in [-0.4, -0.2) is 48.8 Å². The molecule has 1 N–H and O–H groups in total. The molecule has 1 heterocycles. The average molecular weight is 280 g/mol. The van der Waals surface area contributed by atoms with Crippen molar-refractivity contribution < 1.29 is 4.74 Å². The van der Waals surface area contributed by atoms with Gasteiger partial charge in [0.05, 0.1) is 6.10 Å². The molecule has 2 aliphatic carbocycles. The van der Waals surface area contributed by atoms with Gasteiger partial charge in [-0.2, -0.15) is 0 Å². The molecule has 2 saturated carbocycles. The van der Waals surface area contributed by atoms with Gasteiger partial charge in [0.2, 0.25) is 0 Å². The van der Waals surface area contributed by atoms with Gasteiger partial charge in [-0.25, -0.2) is 0 Å². The first-order valence-corrected chi connectivity index (χ1v) is 8.70. The normalized spacial score (nSPS) is 43.6. The van der Waals surface area contributed by atoms with Crippen LogP contribution in [0.3, 0.4) is 0 Å². The van der Waals surface area contributed by atoms with Crippen LogP contribution in [0.5, 0.6) is 0 Å². The van der Waals surface area contributed by atoms with Crippen LogP contribution in [0.4, 0.5) is 0 Å². The van der Waals surface area contributed by atoms with E-state index in [0.717, 1.165) is 18.0 Å². The number of rotatable bonds is 4. The van der Waals surface area contributed by atoms with Crippen LogP contribution < -0.4 is 5.32 Å². The Morgan fingerprint density at radius 1 is 1.25 bits per heavy atom. The van der Waals surface area contributed by atoms with Crippen molar-refractivity contribution in [1.29, 1.82) is 0 Å². The summed E-state index contributed by atoms with van der Waals surface area (Å²) in [6.45, 7) is 7.23. The fraction of sp³-hybridized carbons (Fsp3) is 1.00. The summed E-state index contributed by atoms with van der Waals surface area (Å²) < 4.78 is 5.65. The number of nitrogens with zero attached hydrogens (tertiary/aromatic N) is 1. The van der Waals surface area contributed by atoms with Crippen LogP contribution in [0.1, 0.15) is 58.8 Å². The Morgan fingerprint density at radius 3 is 2.70 bits per heavy atom. The fourth-order valence-electron chi connectivity index (χ4n) is 4.47. The maximum atomic E-state index is 5.65. The highest BCUT2D eigenvalue weighted by atomic mass is 16.5. The zero-order chi connectivity index (χ0) is 14.2. The molecule has 0 radical (unpaired) electrons. The summed E-state index contributed by atoms with van der Waals surface area (Å²) >= 11 is 0. The summed E-state index contributed by atoms with van der Waals surface area (Å²) in [6.07, 6.45) is 9.83. The highest BCUT2D eigenvalue weighted by Crippen LogP contribution is 2.42. The van der Waals surface area contributed by atoms with E-state index in [-0.39, 0.29) is 0 Å². The second-order valence-corrected chi connectivity index (χ2v) is 7.49. The predicted molar refractivity (Wildman–Crippen MR) is 83.0 cm³/mol. The first-order chi connectivity index (χ1) is 9.66. The Hall–Kier alpha value is -0.120. The molecule has 3 fully saturated rings. The minimum Gasteiger partial charge on any atom is -0.381 e. The molecule has 3 aliphatic rings. The van der Waals surface area contributed by atoms with E-state index in [1.807, 2.05) is 7.11 Å². The molecule has 0 aromatic carbocycles. The third-order valence-corrected chi connectivity index (χ3v) is 6.07. The predicted octanol–water partition coefficient (Wildman–Crippen LogP) is 2.80. The largest absolute Gasteiger partial charge is 0.381 e. The van der Waals surface area contributed by atoms with E-state index in [1.165, 1.54) is 58.0 Å². The van der Waals surface area contributed by atoms with E-state index in [9.17, 15) is 0 Å². The van der Waals surface area contributed by atoms with E-state index in [2.05, 4.69) is 24.1 Å². The molecule has 0 aromatic rings. The van der Waals surface area contributed by atoms with Gasteiger partial charge in [-0.3, -0.25) is 4.90 Å². The molecule has 0 bridgehead atoms. The van der Waals surface area contributed by atoms with Crippen LogP contribution in [0, 0.1) is 5.92 Å². The molecule has 3 rings (SSSR count). The Labute approximate surface area is 124 Å². The van der Waals surface area contributed by atoms with Crippen molar-refractivity contribution in [2.24, 2.45) is 5.92 Å². The van der Waals surface area contributed by atoms with Gasteiger partial charge in [-0.05, 0) is 57.8 Å². The van der Waals surface area contributed by atoms with Gasteiger partial charge in [-0.1, -0.05) is 6.92 Å². The second kappa shape index (κ2) is 5.94. The molecule has 4 atom stereocenters. The molecule has 0 spiro atoms. The number of ether oxygens (including phenoxy) is 1. The summed E-state index contributed by atoms with van der Waals surface area (Å²) in [4.78, 5) is 2.85. The number of piperazine rings is 1. The third kappa shape index (κ3) is 2.90. The van der Waals surface area contributed by atoms with Crippen LogP contribution >= 0.6 is 0 Å². The fourth-order valence-corrected chi connectivity index (χ4v) is 4.47. The van der Waals surface area contributed by atoms with Crippen LogP contribution in [0.15, 0.2) is 0 Å². The highest BCUT2D eigenvalue weighted by Gasteiger charge is 2.47. The van der Waals surface area contributed by atoms with Gasteiger partial charge in [0.25, 0.3) is 0 Å². The Bertz CT molecular complexity index is 331. The van der Waals surface area contributed by atoms with Crippen molar-refractivity contribution in [2.75, 3.05) is 20.2 Å². The van der Waals surface area contributed by atoms with Crippen LogP contribution in [-0.2, 0) is 4.74 Å². The maximum absolute atomic E-state index is 5.65. The number of hydrogen-bond acceptors (Lipinski definition) is 3. The molecule has 20 heavy (non-hydrogen) atoms. The van der Waals surface area contributed by atoms with Crippen LogP contribution in [0.25, 0.3) is 0 Å². The second-order valence-electron chi connectivity index (χ2n) is 7.49. The van der Waals surface area contributed by atoms with E-state index in [1.54, 1.807) is 0 Å². The van der Waals surface area contributed by atoms with Gasteiger partial charge in [-0.15, -0.1) is 0 Å². The summed E-state index contributed by atoms with van der Waals surface area (Å²) in [7, 11) is 1.89. The van der Waals surface area contributed by atoms with Crippen molar-refractivity contribution in [1.82, 2.24) is 10.2 Å². The Kier molecular flexibility index (Phi) is 4.40. The smallest absolute Gasteiger partial charge is 0.0586 e. The molecule has 4 unspecified atom stereocenters. The lowest BCUT2D eigenvalue weighted by Gasteiger charge is -2.51. The van der Waals surface area contributed by atoms with Gasteiger partial charge < -0.3 is 10.1 Å². The van der Waals surface area contributed by atoms with Crippen molar-refractivity contribution in [3.8, 4) is 0 Å². The highest BCUT2D eigenvalue weighted by molar-refractivity contribution is 5.05. The first-order valence-electron chi connectivity index (χ1n) is 8.70. The molecule has 0 amide bonds. The Balaban J connectivity index is 1.69. The third-order valence-electron chi connectivity index (χ3n) is 6.07. The molecule has 116 valence electrons. The molecule has 1 saturated heterocycles. The molecular weight excluding hydrogens is 248 g/mol. The minimum atomic E-state index is 0.367. The maximum Gasteiger partial charge on any atom is 0.0586 e. The SMILES string of the molecule is CCC1CNC(C)(C2CC2)CN1C1CCCC(OC)C1. The van der Waals surface area contributed by atoms with Crippen molar-refractivity contribution in [2.45, 2.75) is 82.5 Å². The van der Waals surface area contributed by atoms with Crippen molar-refractivity contribution >= 4 is 0 Å². The van der Waals surface area contributed by atoms with Crippen molar-refractivity contribution in [3.63, 3.8) is 0 Å². The molecule has 1 aliphatic heterocycles. The van der Waals surface area contributed by atoms with Gasteiger partial charge in [0, 0.05) is 37.8 Å². The lowest BCUT2D eigenvalue weighted by molar-refractivity contribution is -0.0172. The van der Waals surface area contributed by atoms with Crippen molar-refractivity contribution in [3.05, 3.63) is 0 Å². The lowest BCUT2D eigenvalue weighted by atomic mass is 9.85. The van der Waals surface area contributed by atoms with E-state index >= 15 is 0 Å². The van der Waals surface area contributed by atoms with E-state index < -0.39 is 0 Å². The van der Waals surface area contributed by atoms with E-state index in [4.69, 9.17) is 4.74 Å². The van der Waals surface area contributed by atoms with Gasteiger partial charge in [0.1, 0.15) is 0 Å². The summed E-state index contributed by atoms with van der Waals surface area (Å²) in [5.41, 5.74) is 0.367. The molecular formula is C17H32N2O. The monoisotopic (exact) mass is 280 g/mol. The van der Waals surface area contributed by atoms with Crippen LogP contribution in [0.2, 0.25) is 0 Å². The minimum absolute atomic E-state index is 0.367. The zero-order valence-corrected chi connectivity index (χ0v) is 13.5. The molecule has 3 nitrogen and oxygen atoms in total. The number of methoxy groups -OCH3 is 1. The average Bonchev–Trinajstić information content (AvgIpc) is 3.32. The zero-order valence-electron chi connectivity index (χ0n) is 13.5. The summed E-state index contributed by atoms with van der Waals surface area (Å²) in [5, 5.41) is 3.88. The van der Waals surface area contributed by atoms with Gasteiger partial charge >= 0.3 is 0 Å². The topological polar surface area (TPSA) is 24.5 Å². The first kappa shape index (κ1) is 14.8. The van der Waals surface area contributed by atoms with E-state index in [0.29, 0.717) is 11.6 Å².